The molecule has 6 heteroatoms. The Balaban J connectivity index is 2.32. The van der Waals surface area contributed by atoms with E-state index in [0.717, 1.165) is 25.7 Å². The minimum atomic E-state index is -1.38. The molecule has 0 bridgehead atoms. The fraction of sp³-hybridized carbons (Fsp3) is 1.00. The second kappa shape index (κ2) is 25.5. The number of unbranched alkanes of at least 4 members (excludes halogenated alkanes) is 20. The van der Waals surface area contributed by atoms with Gasteiger partial charge in [0.2, 0.25) is 0 Å². The predicted molar refractivity (Wildman–Crippen MR) is 161 cm³/mol. The molecule has 0 aromatic carbocycles. The van der Waals surface area contributed by atoms with E-state index in [1.165, 1.54) is 128 Å². The van der Waals surface area contributed by atoms with Gasteiger partial charge in [-0.05, 0) is 12.8 Å². The zero-order chi connectivity index (χ0) is 28.6. The third-order valence-electron chi connectivity index (χ3n) is 8.43. The normalized spacial score (nSPS) is 24.3. The molecule has 39 heavy (non-hydrogen) atoms. The predicted octanol–water partition coefficient (Wildman–Crippen LogP) is 7.57. The maximum atomic E-state index is 10.4. The molecule has 1 aliphatic heterocycles. The molecule has 234 valence electrons. The van der Waals surface area contributed by atoms with Crippen LogP contribution in [0.25, 0.3) is 0 Å². The van der Waals surface area contributed by atoms with Gasteiger partial charge in [0.15, 0.2) is 6.29 Å². The lowest BCUT2D eigenvalue weighted by molar-refractivity contribution is -0.312. The summed E-state index contributed by atoms with van der Waals surface area (Å²) in [7, 11) is 0. The van der Waals surface area contributed by atoms with Gasteiger partial charge in [0.25, 0.3) is 0 Å². The number of hydrogen-bond donors (Lipinski definition) is 4. The SMILES string of the molecule is CCCCCCCCCCCCCC[C@H](CCCCCCCCCCCC)O[C@@H]1O[C@@H](CO)[C@H](O)[C@@H](O)[C@@H]1O. The molecule has 0 spiro atoms. The van der Waals surface area contributed by atoms with Crippen molar-refractivity contribution in [2.45, 2.75) is 205 Å². The number of aliphatic hydroxyl groups is 4. The van der Waals surface area contributed by atoms with E-state index in [1.807, 2.05) is 0 Å². The van der Waals surface area contributed by atoms with E-state index < -0.39 is 37.3 Å². The highest BCUT2D eigenvalue weighted by atomic mass is 16.7. The summed E-state index contributed by atoms with van der Waals surface area (Å²) in [6, 6.07) is 0. The number of aliphatic hydroxyl groups excluding tert-OH is 4. The molecule has 1 rings (SSSR count). The molecule has 6 nitrogen and oxygen atoms in total. The van der Waals surface area contributed by atoms with Gasteiger partial charge >= 0.3 is 0 Å². The molecule has 0 radical (unpaired) electrons. The fourth-order valence-electron chi connectivity index (χ4n) is 5.72. The van der Waals surface area contributed by atoms with Gasteiger partial charge in [0.1, 0.15) is 24.4 Å². The van der Waals surface area contributed by atoms with E-state index in [9.17, 15) is 20.4 Å². The molecule has 1 fully saturated rings. The summed E-state index contributed by atoms with van der Waals surface area (Å²) < 4.78 is 11.8. The molecule has 0 saturated carbocycles. The van der Waals surface area contributed by atoms with Crippen molar-refractivity contribution in [1.82, 2.24) is 0 Å². The standard InChI is InChI=1S/C33H66O6/c1-3-5-7-9-11-13-15-16-18-20-22-24-26-28(25-23-21-19-17-14-12-10-8-6-4-2)38-33-32(37)31(36)30(35)29(27-34)39-33/h28-37H,3-27H2,1-2H3/t28-,29-,30-,31+,32-,33+/m0/s1. The Bertz CT molecular complexity index is 516. The molecule has 0 amide bonds. The molecule has 0 aliphatic carbocycles. The van der Waals surface area contributed by atoms with Gasteiger partial charge in [-0.1, -0.05) is 155 Å². The molecule has 1 heterocycles. The molecule has 0 unspecified atom stereocenters. The van der Waals surface area contributed by atoms with Gasteiger partial charge in [-0.3, -0.25) is 0 Å². The number of rotatable bonds is 27. The first kappa shape index (κ1) is 36.8. The van der Waals surface area contributed by atoms with Crippen LogP contribution in [0.1, 0.15) is 168 Å². The molecule has 1 saturated heterocycles. The zero-order valence-corrected chi connectivity index (χ0v) is 25.7. The summed E-state index contributed by atoms with van der Waals surface area (Å²) in [4.78, 5) is 0. The van der Waals surface area contributed by atoms with Crippen LogP contribution in [0.4, 0.5) is 0 Å². The average molecular weight is 559 g/mol. The molecule has 6 atom stereocenters. The summed E-state index contributed by atoms with van der Waals surface area (Å²) in [5, 5.41) is 40.2. The van der Waals surface area contributed by atoms with Gasteiger partial charge in [-0.2, -0.15) is 0 Å². The quantitative estimate of drug-likeness (QED) is 0.0776. The van der Waals surface area contributed by atoms with Crippen molar-refractivity contribution >= 4 is 0 Å². The van der Waals surface area contributed by atoms with Crippen LogP contribution in [0, 0.1) is 0 Å². The molecule has 0 aromatic rings. The maximum absolute atomic E-state index is 10.4. The molecular formula is C33H66O6. The summed E-state index contributed by atoms with van der Waals surface area (Å²) in [6.45, 7) is 4.10. The monoisotopic (exact) mass is 558 g/mol. The second-order valence-corrected chi connectivity index (χ2v) is 12.1. The van der Waals surface area contributed by atoms with Crippen molar-refractivity contribution in [3.8, 4) is 0 Å². The summed E-state index contributed by atoms with van der Waals surface area (Å²) >= 11 is 0. The van der Waals surface area contributed by atoms with Crippen LogP contribution in [0.15, 0.2) is 0 Å². The van der Waals surface area contributed by atoms with E-state index in [-0.39, 0.29) is 6.10 Å². The van der Waals surface area contributed by atoms with Gasteiger partial charge in [0, 0.05) is 0 Å². The van der Waals surface area contributed by atoms with Crippen molar-refractivity contribution in [1.29, 1.82) is 0 Å². The Kier molecular flexibility index (Phi) is 24.0. The van der Waals surface area contributed by atoms with Crippen molar-refractivity contribution < 1.29 is 29.9 Å². The Morgan fingerprint density at radius 1 is 0.513 bits per heavy atom. The summed E-state index contributed by atoms with van der Waals surface area (Å²) in [5.41, 5.74) is 0. The Labute approximate surface area is 241 Å². The summed E-state index contributed by atoms with van der Waals surface area (Å²) in [5.74, 6) is 0. The first-order valence-corrected chi connectivity index (χ1v) is 17.0. The minimum Gasteiger partial charge on any atom is -0.394 e. The van der Waals surface area contributed by atoms with Gasteiger partial charge in [0.05, 0.1) is 12.7 Å². The van der Waals surface area contributed by atoms with Crippen LogP contribution >= 0.6 is 0 Å². The largest absolute Gasteiger partial charge is 0.394 e. The number of ether oxygens (including phenoxy) is 2. The van der Waals surface area contributed by atoms with Gasteiger partial charge in [-0.25, -0.2) is 0 Å². The maximum Gasteiger partial charge on any atom is 0.186 e. The first-order chi connectivity index (χ1) is 19.0. The second-order valence-electron chi connectivity index (χ2n) is 12.1. The van der Waals surface area contributed by atoms with Crippen molar-refractivity contribution in [3.05, 3.63) is 0 Å². The topological polar surface area (TPSA) is 99.4 Å². The molecule has 1 aliphatic rings. The van der Waals surface area contributed by atoms with Crippen LogP contribution in [-0.2, 0) is 9.47 Å². The minimum absolute atomic E-state index is 0.0522. The van der Waals surface area contributed by atoms with E-state index in [0.29, 0.717) is 0 Å². The molecular weight excluding hydrogens is 492 g/mol. The third kappa shape index (κ3) is 18.0. The van der Waals surface area contributed by atoms with E-state index >= 15 is 0 Å². The Morgan fingerprint density at radius 3 is 1.23 bits per heavy atom. The average Bonchev–Trinajstić information content (AvgIpc) is 2.94. The zero-order valence-electron chi connectivity index (χ0n) is 25.7. The highest BCUT2D eigenvalue weighted by molar-refractivity contribution is 4.89. The van der Waals surface area contributed by atoms with Crippen LogP contribution in [0.2, 0.25) is 0 Å². The van der Waals surface area contributed by atoms with Crippen molar-refractivity contribution in [2.75, 3.05) is 6.61 Å². The van der Waals surface area contributed by atoms with Crippen molar-refractivity contribution in [2.24, 2.45) is 0 Å². The Morgan fingerprint density at radius 2 is 0.872 bits per heavy atom. The third-order valence-corrected chi connectivity index (χ3v) is 8.43. The van der Waals surface area contributed by atoms with Crippen LogP contribution in [0.5, 0.6) is 0 Å². The lowest BCUT2D eigenvalue weighted by atomic mass is 9.98. The number of hydrogen-bond acceptors (Lipinski definition) is 6. The Hall–Kier alpha value is -0.240. The smallest absolute Gasteiger partial charge is 0.186 e. The van der Waals surface area contributed by atoms with Gasteiger partial charge in [-0.15, -0.1) is 0 Å². The molecule has 4 N–H and O–H groups in total. The lowest BCUT2D eigenvalue weighted by Gasteiger charge is -2.41. The summed E-state index contributed by atoms with van der Waals surface area (Å²) in [6.07, 6.45) is 24.4. The van der Waals surface area contributed by atoms with Crippen LogP contribution < -0.4 is 0 Å². The first-order valence-electron chi connectivity index (χ1n) is 17.0. The highest BCUT2D eigenvalue weighted by Gasteiger charge is 2.44. The lowest BCUT2D eigenvalue weighted by Crippen LogP contribution is -2.59. The van der Waals surface area contributed by atoms with Crippen LogP contribution in [0.3, 0.4) is 0 Å². The molecule has 0 aromatic heterocycles. The van der Waals surface area contributed by atoms with Gasteiger partial charge < -0.3 is 29.9 Å². The van der Waals surface area contributed by atoms with E-state index in [1.54, 1.807) is 0 Å². The van der Waals surface area contributed by atoms with E-state index in [4.69, 9.17) is 9.47 Å². The highest BCUT2D eigenvalue weighted by Crippen LogP contribution is 2.26. The van der Waals surface area contributed by atoms with E-state index in [2.05, 4.69) is 13.8 Å². The van der Waals surface area contributed by atoms with Crippen LogP contribution in [-0.4, -0.2) is 63.8 Å². The fourth-order valence-corrected chi connectivity index (χ4v) is 5.72. The van der Waals surface area contributed by atoms with Crippen molar-refractivity contribution in [3.63, 3.8) is 0 Å².